The fraction of sp³-hybridized carbons (Fsp3) is 0.316. The van der Waals surface area contributed by atoms with Crippen LogP contribution in [0.25, 0.3) is 21.8 Å². The lowest BCUT2D eigenvalue weighted by molar-refractivity contribution is -0.107. The Bertz CT molecular complexity index is 919. The molecule has 0 aliphatic carbocycles. The van der Waals surface area contributed by atoms with Crippen molar-refractivity contribution in [3.8, 4) is 0 Å². The zero-order valence-electron chi connectivity index (χ0n) is 14.1. The molecule has 24 heavy (non-hydrogen) atoms. The van der Waals surface area contributed by atoms with E-state index in [0.29, 0.717) is 12.8 Å². The largest absolute Gasteiger partial charge is 0.443 e. The van der Waals surface area contributed by atoms with E-state index >= 15 is 0 Å². The second-order valence-corrected chi connectivity index (χ2v) is 6.77. The van der Waals surface area contributed by atoms with Gasteiger partial charge in [-0.3, -0.25) is 4.98 Å². The number of aryl methyl sites for hydroxylation is 1. The van der Waals surface area contributed by atoms with E-state index in [-0.39, 0.29) is 0 Å². The van der Waals surface area contributed by atoms with Crippen molar-refractivity contribution < 1.29 is 14.3 Å². The first kappa shape index (κ1) is 16.2. The van der Waals surface area contributed by atoms with Gasteiger partial charge in [-0.25, -0.2) is 9.36 Å². The van der Waals surface area contributed by atoms with Crippen LogP contribution in [0, 0.1) is 0 Å². The van der Waals surface area contributed by atoms with Crippen LogP contribution in [0.1, 0.15) is 32.8 Å². The standard InChI is InChI=1S/C19H20N2O3/c1-19(2,3)24-18(23)21-16-8-9-20-12-15(16)14-7-6-13(5-4-10-22)11-17(14)21/h6-12H,4-5H2,1-3H3. The topological polar surface area (TPSA) is 61.2 Å². The average molecular weight is 324 g/mol. The molecule has 1 aromatic carbocycles. The molecule has 0 amide bonds. The molecule has 2 aromatic heterocycles. The quantitative estimate of drug-likeness (QED) is 0.680. The monoisotopic (exact) mass is 324 g/mol. The molecule has 5 heteroatoms. The van der Waals surface area contributed by atoms with Gasteiger partial charge in [0.1, 0.15) is 11.9 Å². The van der Waals surface area contributed by atoms with Crippen molar-refractivity contribution in [2.24, 2.45) is 0 Å². The number of carbonyl (C=O) groups is 2. The SMILES string of the molecule is CC(C)(C)OC(=O)n1c2ccncc2c2ccc(CCC=O)cc21. The predicted molar refractivity (Wildman–Crippen MR) is 93.3 cm³/mol. The smallest absolute Gasteiger partial charge is 0.419 e. The molecule has 3 rings (SSSR count). The fourth-order valence-corrected chi connectivity index (χ4v) is 2.79. The summed E-state index contributed by atoms with van der Waals surface area (Å²) in [6.45, 7) is 5.53. The highest BCUT2D eigenvalue weighted by molar-refractivity contribution is 6.12. The molecule has 0 unspecified atom stereocenters. The highest BCUT2D eigenvalue weighted by Crippen LogP contribution is 2.30. The van der Waals surface area contributed by atoms with Crippen LogP contribution in [0.3, 0.4) is 0 Å². The normalized spacial score (nSPS) is 11.8. The Labute approximate surface area is 140 Å². The Morgan fingerprint density at radius 1 is 1.21 bits per heavy atom. The van der Waals surface area contributed by atoms with Gasteiger partial charge in [0.25, 0.3) is 0 Å². The van der Waals surface area contributed by atoms with Crippen molar-refractivity contribution in [3.63, 3.8) is 0 Å². The molecule has 0 N–H and O–H groups in total. The number of nitrogens with zero attached hydrogens (tertiary/aromatic N) is 2. The highest BCUT2D eigenvalue weighted by Gasteiger charge is 2.22. The number of aromatic nitrogens is 2. The highest BCUT2D eigenvalue weighted by atomic mass is 16.6. The number of benzene rings is 1. The summed E-state index contributed by atoms with van der Waals surface area (Å²) in [4.78, 5) is 27.5. The number of hydrogen-bond donors (Lipinski definition) is 0. The average Bonchev–Trinajstić information content (AvgIpc) is 2.85. The summed E-state index contributed by atoms with van der Waals surface area (Å²) >= 11 is 0. The second kappa shape index (κ2) is 6.07. The second-order valence-electron chi connectivity index (χ2n) is 6.77. The van der Waals surface area contributed by atoms with Crippen LogP contribution in [0.2, 0.25) is 0 Å². The molecule has 5 nitrogen and oxygen atoms in total. The molecule has 0 saturated carbocycles. The maximum absolute atomic E-state index is 12.7. The molecule has 0 saturated heterocycles. The Morgan fingerprint density at radius 2 is 2.00 bits per heavy atom. The maximum atomic E-state index is 12.7. The number of pyridine rings is 1. The molecule has 0 bridgehead atoms. The zero-order valence-corrected chi connectivity index (χ0v) is 14.1. The van der Waals surface area contributed by atoms with Crippen molar-refractivity contribution in [2.45, 2.75) is 39.2 Å². The van der Waals surface area contributed by atoms with Gasteiger partial charge in [0.15, 0.2) is 0 Å². The molecular formula is C19H20N2O3. The lowest BCUT2D eigenvalue weighted by Crippen LogP contribution is -2.27. The number of rotatable bonds is 3. The first-order valence-corrected chi connectivity index (χ1v) is 7.95. The third-order valence-electron chi connectivity index (χ3n) is 3.76. The lowest BCUT2D eigenvalue weighted by Gasteiger charge is -2.20. The minimum Gasteiger partial charge on any atom is -0.443 e. The van der Waals surface area contributed by atoms with Crippen molar-refractivity contribution in [1.29, 1.82) is 0 Å². The first-order chi connectivity index (χ1) is 11.4. The third kappa shape index (κ3) is 3.02. The minimum absolute atomic E-state index is 0.416. The van der Waals surface area contributed by atoms with Crippen LogP contribution >= 0.6 is 0 Å². The van der Waals surface area contributed by atoms with E-state index in [0.717, 1.165) is 33.7 Å². The molecule has 124 valence electrons. The summed E-state index contributed by atoms with van der Waals surface area (Å²) < 4.78 is 7.15. The molecule has 0 aliphatic rings. The summed E-state index contributed by atoms with van der Waals surface area (Å²) in [5, 5.41) is 1.85. The Hall–Kier alpha value is -2.69. The van der Waals surface area contributed by atoms with Gasteiger partial charge in [0.2, 0.25) is 0 Å². The van der Waals surface area contributed by atoms with Gasteiger partial charge in [-0.1, -0.05) is 12.1 Å². The van der Waals surface area contributed by atoms with Crippen LogP contribution in [0.4, 0.5) is 4.79 Å². The van der Waals surface area contributed by atoms with Crippen LogP contribution in [-0.4, -0.2) is 27.5 Å². The van der Waals surface area contributed by atoms with Gasteiger partial charge < -0.3 is 9.53 Å². The van der Waals surface area contributed by atoms with Crippen LogP contribution in [0.15, 0.2) is 36.7 Å². The van der Waals surface area contributed by atoms with Crippen molar-refractivity contribution in [3.05, 3.63) is 42.2 Å². The van der Waals surface area contributed by atoms with Crippen LogP contribution < -0.4 is 0 Å². The molecule has 0 aliphatic heterocycles. The molecule has 3 aromatic rings. The number of hydrogen-bond acceptors (Lipinski definition) is 4. The van der Waals surface area contributed by atoms with E-state index in [9.17, 15) is 9.59 Å². The van der Waals surface area contributed by atoms with E-state index in [1.807, 2.05) is 45.0 Å². The van der Waals surface area contributed by atoms with E-state index in [1.165, 1.54) is 0 Å². The number of carbonyl (C=O) groups excluding carboxylic acids is 2. The van der Waals surface area contributed by atoms with E-state index in [4.69, 9.17) is 4.74 Å². The van der Waals surface area contributed by atoms with Gasteiger partial charge in [-0.05, 0) is 44.9 Å². The summed E-state index contributed by atoms with van der Waals surface area (Å²) in [6, 6.07) is 7.71. The molecular weight excluding hydrogens is 304 g/mol. The Balaban J connectivity index is 2.22. The van der Waals surface area contributed by atoms with Gasteiger partial charge in [0.05, 0.1) is 11.0 Å². The maximum Gasteiger partial charge on any atom is 0.419 e. The van der Waals surface area contributed by atoms with E-state index in [2.05, 4.69) is 4.98 Å². The summed E-state index contributed by atoms with van der Waals surface area (Å²) in [7, 11) is 0. The van der Waals surface area contributed by atoms with E-state index in [1.54, 1.807) is 17.0 Å². The summed E-state index contributed by atoms with van der Waals surface area (Å²) in [5.41, 5.74) is 1.97. The van der Waals surface area contributed by atoms with Crippen LogP contribution in [-0.2, 0) is 16.0 Å². The Morgan fingerprint density at radius 3 is 2.71 bits per heavy atom. The Kier molecular flexibility index (Phi) is 4.09. The van der Waals surface area contributed by atoms with Gasteiger partial charge in [0, 0.05) is 29.6 Å². The fourth-order valence-electron chi connectivity index (χ4n) is 2.79. The summed E-state index contributed by atoms with van der Waals surface area (Å²) in [5.74, 6) is 0. The number of fused-ring (bicyclic) bond motifs is 3. The molecule has 0 radical (unpaired) electrons. The van der Waals surface area contributed by atoms with Crippen LogP contribution in [0.5, 0.6) is 0 Å². The van der Waals surface area contributed by atoms with Gasteiger partial charge >= 0.3 is 6.09 Å². The van der Waals surface area contributed by atoms with Gasteiger partial charge in [-0.2, -0.15) is 0 Å². The van der Waals surface area contributed by atoms with Crippen molar-refractivity contribution in [2.75, 3.05) is 0 Å². The zero-order chi connectivity index (χ0) is 17.3. The molecule has 2 heterocycles. The lowest BCUT2D eigenvalue weighted by atomic mass is 10.1. The van der Waals surface area contributed by atoms with Gasteiger partial charge in [-0.15, -0.1) is 0 Å². The van der Waals surface area contributed by atoms with Crippen molar-refractivity contribution >= 4 is 34.2 Å². The first-order valence-electron chi connectivity index (χ1n) is 7.95. The molecule has 0 spiro atoms. The minimum atomic E-state index is -0.581. The van der Waals surface area contributed by atoms with Crippen molar-refractivity contribution in [1.82, 2.24) is 9.55 Å². The number of aldehydes is 1. The third-order valence-corrected chi connectivity index (χ3v) is 3.76. The predicted octanol–water partition coefficient (Wildman–Crippen LogP) is 4.10. The van der Waals surface area contributed by atoms with E-state index < -0.39 is 11.7 Å². The molecule has 0 fully saturated rings. The number of ether oxygens (including phenoxy) is 1. The molecule has 0 atom stereocenters. The summed E-state index contributed by atoms with van der Waals surface area (Å²) in [6.07, 6.45) is 5.00.